The molecule has 2 heterocycles. The second-order valence-electron chi connectivity index (χ2n) is 5.59. The number of oxazole rings is 1. The maximum Gasteiger partial charge on any atom is 0.275 e. The molecule has 0 bridgehead atoms. The molecule has 1 atom stereocenters. The third-order valence-electron chi connectivity index (χ3n) is 3.72. The van der Waals surface area contributed by atoms with Crippen molar-refractivity contribution in [3.8, 4) is 5.75 Å². The lowest BCUT2D eigenvalue weighted by Crippen LogP contribution is -2.41. The minimum absolute atomic E-state index is 0.0496. The molecule has 0 radical (unpaired) electrons. The number of rotatable bonds is 6. The number of hydrogen-bond donors (Lipinski definition) is 2. The first kappa shape index (κ1) is 16.4. The Kier molecular flexibility index (Phi) is 5.07. The highest BCUT2D eigenvalue weighted by atomic mass is 19.1. The molecule has 1 aliphatic heterocycles. The van der Waals surface area contributed by atoms with Gasteiger partial charge in [0, 0.05) is 26.2 Å². The second kappa shape index (κ2) is 7.41. The average molecular weight is 334 g/mol. The molecule has 1 saturated heterocycles. The van der Waals surface area contributed by atoms with E-state index >= 15 is 0 Å². The molecule has 0 spiro atoms. The van der Waals surface area contributed by atoms with Gasteiger partial charge in [0.05, 0.1) is 0 Å². The van der Waals surface area contributed by atoms with Crippen LogP contribution in [0.25, 0.3) is 0 Å². The van der Waals surface area contributed by atoms with Crippen LogP contribution in [0.5, 0.6) is 5.75 Å². The van der Waals surface area contributed by atoms with Gasteiger partial charge in [0.25, 0.3) is 5.91 Å². The molecule has 1 amide bonds. The first-order valence-corrected chi connectivity index (χ1v) is 7.69. The fourth-order valence-corrected chi connectivity index (χ4v) is 2.46. The molecule has 1 fully saturated rings. The highest BCUT2D eigenvalue weighted by molar-refractivity contribution is 5.91. The molecule has 1 aliphatic rings. The largest absolute Gasteiger partial charge is 0.481 e. The Morgan fingerprint density at radius 2 is 2.33 bits per heavy atom. The highest BCUT2D eigenvalue weighted by Crippen LogP contribution is 2.17. The lowest BCUT2D eigenvalue weighted by atomic mass is 10.2. The van der Waals surface area contributed by atoms with E-state index in [-0.39, 0.29) is 35.9 Å². The smallest absolute Gasteiger partial charge is 0.275 e. The summed E-state index contributed by atoms with van der Waals surface area (Å²) >= 11 is 0. The SMILES string of the molecule is CN(CC1CCNN1)C(=O)c1coc(COc2ccccc2F)n1. The average Bonchev–Trinajstić information content (AvgIpc) is 3.25. The van der Waals surface area contributed by atoms with E-state index in [0.717, 1.165) is 13.0 Å². The molecule has 0 aliphatic carbocycles. The van der Waals surface area contributed by atoms with E-state index in [1.54, 1.807) is 24.1 Å². The van der Waals surface area contributed by atoms with Crippen molar-refractivity contribution in [1.82, 2.24) is 20.7 Å². The van der Waals surface area contributed by atoms with E-state index < -0.39 is 5.82 Å². The van der Waals surface area contributed by atoms with Gasteiger partial charge in [-0.2, -0.15) is 0 Å². The van der Waals surface area contributed by atoms with Crippen molar-refractivity contribution < 1.29 is 18.3 Å². The highest BCUT2D eigenvalue weighted by Gasteiger charge is 2.22. The molecule has 1 aromatic carbocycles. The van der Waals surface area contributed by atoms with Gasteiger partial charge < -0.3 is 14.1 Å². The second-order valence-corrected chi connectivity index (χ2v) is 5.59. The van der Waals surface area contributed by atoms with Gasteiger partial charge in [-0.05, 0) is 18.6 Å². The van der Waals surface area contributed by atoms with Crippen molar-refractivity contribution in [2.75, 3.05) is 20.1 Å². The van der Waals surface area contributed by atoms with Crippen LogP contribution in [-0.4, -0.2) is 42.0 Å². The number of carbonyl (C=O) groups is 1. The number of hydrogen-bond acceptors (Lipinski definition) is 6. The number of halogens is 1. The maximum absolute atomic E-state index is 13.5. The van der Waals surface area contributed by atoms with Crippen LogP contribution in [-0.2, 0) is 6.61 Å². The third kappa shape index (κ3) is 3.90. The third-order valence-corrected chi connectivity index (χ3v) is 3.72. The van der Waals surface area contributed by atoms with Crippen molar-refractivity contribution in [2.45, 2.75) is 19.1 Å². The Morgan fingerprint density at radius 3 is 3.08 bits per heavy atom. The first-order chi connectivity index (χ1) is 11.6. The van der Waals surface area contributed by atoms with Crippen LogP contribution in [0.2, 0.25) is 0 Å². The summed E-state index contributed by atoms with van der Waals surface area (Å²) in [6, 6.07) is 6.29. The van der Waals surface area contributed by atoms with Crippen LogP contribution >= 0.6 is 0 Å². The number of likely N-dealkylation sites (N-methyl/N-ethyl adjacent to an activating group) is 1. The topological polar surface area (TPSA) is 79.6 Å². The van der Waals surface area contributed by atoms with Crippen LogP contribution < -0.4 is 15.6 Å². The number of aromatic nitrogens is 1. The number of nitrogens with zero attached hydrogens (tertiary/aromatic N) is 2. The van der Waals surface area contributed by atoms with Crippen LogP contribution in [0.4, 0.5) is 4.39 Å². The number of nitrogens with one attached hydrogen (secondary N) is 2. The number of amides is 1. The minimum Gasteiger partial charge on any atom is -0.481 e. The molecule has 0 saturated carbocycles. The van der Waals surface area contributed by atoms with Crippen LogP contribution in [0.3, 0.4) is 0 Å². The molecule has 2 aromatic rings. The normalized spacial score (nSPS) is 17.0. The summed E-state index contributed by atoms with van der Waals surface area (Å²) in [4.78, 5) is 18.0. The zero-order valence-electron chi connectivity index (χ0n) is 13.3. The lowest BCUT2D eigenvalue weighted by molar-refractivity contribution is 0.0777. The molecule has 24 heavy (non-hydrogen) atoms. The first-order valence-electron chi connectivity index (χ1n) is 7.69. The maximum atomic E-state index is 13.5. The molecule has 3 rings (SSSR count). The predicted molar refractivity (Wildman–Crippen MR) is 83.7 cm³/mol. The summed E-state index contributed by atoms with van der Waals surface area (Å²) in [5.41, 5.74) is 6.33. The molecule has 1 unspecified atom stereocenters. The summed E-state index contributed by atoms with van der Waals surface area (Å²) in [5, 5.41) is 0. The van der Waals surface area contributed by atoms with E-state index in [2.05, 4.69) is 15.8 Å². The molecule has 1 aromatic heterocycles. The molecule has 7 nitrogen and oxygen atoms in total. The van der Waals surface area contributed by atoms with Gasteiger partial charge in [-0.1, -0.05) is 12.1 Å². The molecular formula is C16H19FN4O3. The van der Waals surface area contributed by atoms with Gasteiger partial charge in [-0.25, -0.2) is 9.37 Å². The molecular weight excluding hydrogens is 315 g/mol. The number of ether oxygens (including phenoxy) is 1. The van der Waals surface area contributed by atoms with Crippen molar-refractivity contribution >= 4 is 5.91 Å². The van der Waals surface area contributed by atoms with Gasteiger partial charge in [-0.15, -0.1) is 0 Å². The van der Waals surface area contributed by atoms with Gasteiger partial charge in [0.15, 0.2) is 23.9 Å². The van der Waals surface area contributed by atoms with Crippen molar-refractivity contribution in [3.05, 3.63) is 47.9 Å². The fourth-order valence-electron chi connectivity index (χ4n) is 2.46. The Bertz CT molecular complexity index is 700. The standard InChI is InChI=1S/C16H19FN4O3/c1-21(8-11-6-7-18-20-11)16(22)13-9-24-15(19-13)10-23-14-5-3-2-4-12(14)17/h2-5,9,11,18,20H,6-8,10H2,1H3. The van der Waals surface area contributed by atoms with E-state index in [1.807, 2.05) is 0 Å². The van der Waals surface area contributed by atoms with Crippen molar-refractivity contribution in [3.63, 3.8) is 0 Å². The number of carbonyl (C=O) groups excluding carboxylic acids is 1. The van der Waals surface area contributed by atoms with E-state index in [9.17, 15) is 9.18 Å². The minimum atomic E-state index is -0.460. The zero-order valence-corrected chi connectivity index (χ0v) is 13.3. The zero-order chi connectivity index (χ0) is 16.9. The van der Waals surface area contributed by atoms with E-state index in [0.29, 0.717) is 6.54 Å². The number of para-hydroxylation sites is 1. The lowest BCUT2D eigenvalue weighted by Gasteiger charge is -2.19. The monoisotopic (exact) mass is 334 g/mol. The Balaban J connectivity index is 1.56. The van der Waals surface area contributed by atoms with Crippen LogP contribution in [0.15, 0.2) is 34.9 Å². The number of benzene rings is 1. The summed E-state index contributed by atoms with van der Waals surface area (Å²) in [6.07, 6.45) is 2.25. The van der Waals surface area contributed by atoms with Gasteiger partial charge in [0.1, 0.15) is 6.26 Å². The quantitative estimate of drug-likeness (QED) is 0.830. The van der Waals surface area contributed by atoms with E-state index in [4.69, 9.17) is 9.15 Å². The van der Waals surface area contributed by atoms with Gasteiger partial charge in [-0.3, -0.25) is 15.6 Å². The summed E-state index contributed by atoms with van der Waals surface area (Å²) in [7, 11) is 1.71. The van der Waals surface area contributed by atoms with Crippen LogP contribution in [0.1, 0.15) is 22.8 Å². The molecule has 128 valence electrons. The van der Waals surface area contributed by atoms with Crippen LogP contribution in [0, 0.1) is 5.82 Å². The van der Waals surface area contributed by atoms with Gasteiger partial charge in [0.2, 0.25) is 5.89 Å². The molecule has 8 heteroatoms. The Morgan fingerprint density at radius 1 is 1.50 bits per heavy atom. The van der Waals surface area contributed by atoms with Crippen molar-refractivity contribution in [2.24, 2.45) is 0 Å². The Labute approximate surface area is 138 Å². The van der Waals surface area contributed by atoms with Crippen molar-refractivity contribution in [1.29, 1.82) is 0 Å². The Hall–Kier alpha value is -2.45. The van der Waals surface area contributed by atoms with E-state index in [1.165, 1.54) is 18.4 Å². The summed E-state index contributed by atoms with van der Waals surface area (Å²) < 4.78 is 24.0. The summed E-state index contributed by atoms with van der Waals surface area (Å²) in [6.45, 7) is 1.40. The molecule has 2 N–H and O–H groups in total. The predicted octanol–water partition coefficient (Wildman–Crippen LogP) is 1.33. The van der Waals surface area contributed by atoms with Gasteiger partial charge >= 0.3 is 0 Å². The fraction of sp³-hybridized carbons (Fsp3) is 0.375. The summed E-state index contributed by atoms with van der Waals surface area (Å²) in [5.74, 6) is -0.362. The number of hydrazine groups is 1.